The number of halogens is 1. The fraction of sp³-hybridized carbons (Fsp3) is 0.667. The van der Waals surface area contributed by atoms with Crippen LogP contribution in [0.25, 0.3) is 0 Å². The summed E-state index contributed by atoms with van der Waals surface area (Å²) in [5.74, 6) is 0.674. The lowest BCUT2D eigenvalue weighted by Gasteiger charge is -2.36. The molecule has 1 saturated heterocycles. The van der Waals surface area contributed by atoms with Crippen molar-refractivity contribution in [2.45, 2.75) is 58.6 Å². The average Bonchev–Trinajstić information content (AvgIpc) is 2.67. The summed E-state index contributed by atoms with van der Waals surface area (Å²) in [6.45, 7) is 9.83. The van der Waals surface area contributed by atoms with Crippen molar-refractivity contribution in [3.63, 3.8) is 0 Å². The van der Waals surface area contributed by atoms with E-state index in [0.717, 1.165) is 18.4 Å². The average molecular weight is 442 g/mol. The van der Waals surface area contributed by atoms with Gasteiger partial charge < -0.3 is 19.7 Å². The summed E-state index contributed by atoms with van der Waals surface area (Å²) in [6, 6.07) is 3.25. The van der Waals surface area contributed by atoms with Crippen LogP contribution in [0.5, 0.6) is 5.75 Å². The Morgan fingerprint density at radius 3 is 2.53 bits per heavy atom. The first-order valence-electron chi connectivity index (χ1n) is 10.2. The number of hydrogen-bond donors (Lipinski definition) is 1. The largest absolute Gasteiger partial charge is 0.490 e. The molecule has 2 rings (SSSR count). The number of hydrogen-bond acceptors (Lipinski definition) is 6. The fourth-order valence-corrected chi connectivity index (χ4v) is 3.84. The highest BCUT2D eigenvalue weighted by Crippen LogP contribution is 2.33. The molecule has 1 atom stereocenters. The minimum absolute atomic E-state index is 0.135. The first-order valence-corrected chi connectivity index (χ1v) is 10.6. The van der Waals surface area contributed by atoms with Gasteiger partial charge in [-0.1, -0.05) is 11.6 Å². The van der Waals surface area contributed by atoms with E-state index >= 15 is 0 Å². The van der Waals surface area contributed by atoms with E-state index in [4.69, 9.17) is 21.1 Å². The summed E-state index contributed by atoms with van der Waals surface area (Å²) >= 11 is 6.22. The van der Waals surface area contributed by atoms with Crippen molar-refractivity contribution in [2.24, 2.45) is 5.92 Å². The molecule has 8 nitrogen and oxygen atoms in total. The van der Waals surface area contributed by atoms with Crippen LogP contribution in [0, 0.1) is 16.0 Å². The Kier molecular flexibility index (Phi) is 8.32. The normalized spacial score (nSPS) is 16.3. The van der Waals surface area contributed by atoms with Crippen molar-refractivity contribution in [3.05, 3.63) is 32.8 Å². The van der Waals surface area contributed by atoms with Gasteiger partial charge in [0.2, 0.25) is 0 Å². The molecule has 0 spiro atoms. The first kappa shape index (κ1) is 24.2. The van der Waals surface area contributed by atoms with Crippen molar-refractivity contribution in [1.29, 1.82) is 0 Å². The number of ether oxygens (including phenoxy) is 2. The topological polar surface area (TPSA) is 93.9 Å². The van der Waals surface area contributed by atoms with Gasteiger partial charge in [0.15, 0.2) is 5.75 Å². The monoisotopic (exact) mass is 441 g/mol. The lowest BCUT2D eigenvalue weighted by atomic mass is 9.90. The minimum Gasteiger partial charge on any atom is -0.490 e. The Hall–Kier alpha value is -2.06. The first-order chi connectivity index (χ1) is 14.0. The van der Waals surface area contributed by atoms with Crippen LogP contribution in [0.4, 0.5) is 10.5 Å². The molecule has 1 aliphatic heterocycles. The molecule has 168 valence electrons. The number of nitro benzene ring substituents is 1. The number of benzene rings is 1. The zero-order valence-electron chi connectivity index (χ0n) is 18.4. The van der Waals surface area contributed by atoms with Gasteiger partial charge in [-0.3, -0.25) is 10.1 Å². The number of carbonyl (C=O) groups is 1. The van der Waals surface area contributed by atoms with E-state index in [9.17, 15) is 14.9 Å². The zero-order valence-corrected chi connectivity index (χ0v) is 19.1. The second-order valence-electron chi connectivity index (χ2n) is 8.67. The van der Waals surface area contributed by atoms with Crippen LogP contribution in [-0.2, 0) is 11.2 Å². The van der Waals surface area contributed by atoms with E-state index in [1.54, 1.807) is 11.0 Å². The maximum atomic E-state index is 12.2. The van der Waals surface area contributed by atoms with Gasteiger partial charge in [0.05, 0.1) is 17.1 Å². The third-order valence-electron chi connectivity index (χ3n) is 5.30. The molecule has 0 radical (unpaired) electrons. The molecule has 1 aromatic rings. The molecule has 1 amide bonds. The second-order valence-corrected chi connectivity index (χ2v) is 9.08. The van der Waals surface area contributed by atoms with Crippen LogP contribution in [0.2, 0.25) is 5.02 Å². The highest BCUT2D eigenvalue weighted by Gasteiger charge is 2.29. The highest BCUT2D eigenvalue weighted by molar-refractivity contribution is 6.31. The molecule has 0 aromatic heterocycles. The third-order valence-corrected chi connectivity index (χ3v) is 5.66. The number of methoxy groups -OCH3 is 1. The molecular formula is C21H32ClN3O5. The predicted molar refractivity (Wildman–Crippen MR) is 116 cm³/mol. The van der Waals surface area contributed by atoms with Gasteiger partial charge in [-0.25, -0.2) is 4.79 Å². The lowest BCUT2D eigenvalue weighted by molar-refractivity contribution is -0.385. The predicted octanol–water partition coefficient (Wildman–Crippen LogP) is 4.42. The number of likely N-dealkylation sites (tertiary alicyclic amines) is 1. The van der Waals surface area contributed by atoms with Gasteiger partial charge in [-0.15, -0.1) is 0 Å². The fourth-order valence-electron chi connectivity index (χ4n) is 3.59. The van der Waals surface area contributed by atoms with E-state index in [1.807, 2.05) is 20.8 Å². The van der Waals surface area contributed by atoms with Crippen molar-refractivity contribution >= 4 is 23.4 Å². The molecule has 0 bridgehead atoms. The molecule has 0 aliphatic carbocycles. The van der Waals surface area contributed by atoms with Crippen molar-refractivity contribution in [3.8, 4) is 5.75 Å². The molecule has 1 aliphatic rings. The van der Waals surface area contributed by atoms with Crippen LogP contribution < -0.4 is 10.1 Å². The molecule has 1 N–H and O–H groups in total. The van der Waals surface area contributed by atoms with Crippen molar-refractivity contribution < 1.29 is 19.2 Å². The lowest BCUT2D eigenvalue weighted by Crippen LogP contribution is -2.45. The van der Waals surface area contributed by atoms with Crippen LogP contribution in [0.1, 0.15) is 46.1 Å². The van der Waals surface area contributed by atoms with Crippen LogP contribution >= 0.6 is 11.6 Å². The van der Waals surface area contributed by atoms with Gasteiger partial charge in [0.1, 0.15) is 5.60 Å². The van der Waals surface area contributed by atoms with E-state index in [0.29, 0.717) is 37.0 Å². The number of nitro groups is 1. The number of carbonyl (C=O) groups excluding carboxylic acids is 1. The van der Waals surface area contributed by atoms with Crippen LogP contribution in [-0.4, -0.2) is 54.3 Å². The number of nitrogens with zero attached hydrogens (tertiary/aromatic N) is 2. The van der Waals surface area contributed by atoms with Gasteiger partial charge in [-0.2, -0.15) is 0 Å². The second kappa shape index (κ2) is 10.3. The number of rotatable bonds is 7. The highest BCUT2D eigenvalue weighted by atomic mass is 35.5. The van der Waals surface area contributed by atoms with Crippen molar-refractivity contribution in [2.75, 3.05) is 26.7 Å². The van der Waals surface area contributed by atoms with Crippen LogP contribution in [0.3, 0.4) is 0 Å². The van der Waals surface area contributed by atoms with Crippen molar-refractivity contribution in [1.82, 2.24) is 10.2 Å². The quantitative estimate of drug-likeness (QED) is 0.497. The Morgan fingerprint density at radius 1 is 1.37 bits per heavy atom. The molecule has 1 unspecified atom stereocenters. The van der Waals surface area contributed by atoms with E-state index < -0.39 is 10.5 Å². The number of nitrogens with one attached hydrogen (secondary N) is 1. The maximum Gasteiger partial charge on any atom is 0.410 e. The van der Waals surface area contributed by atoms with Gasteiger partial charge >= 0.3 is 11.8 Å². The molecule has 1 fully saturated rings. The van der Waals surface area contributed by atoms with E-state index in [1.165, 1.54) is 13.2 Å². The third kappa shape index (κ3) is 6.74. The summed E-state index contributed by atoms with van der Waals surface area (Å²) in [5.41, 5.74) is 0.188. The van der Waals surface area contributed by atoms with Gasteiger partial charge in [0, 0.05) is 25.2 Å². The molecule has 0 saturated carbocycles. The SMILES string of the molecule is COc1cc(CCNC(C)C2CCN(C(=O)OC(C)(C)C)CC2)c(Cl)cc1[N+](=O)[O-]. The van der Waals surface area contributed by atoms with E-state index in [-0.39, 0.29) is 23.6 Å². The molecule has 1 heterocycles. The summed E-state index contributed by atoms with van der Waals surface area (Å²) in [6.07, 6.45) is 2.22. The Balaban J connectivity index is 1.83. The van der Waals surface area contributed by atoms with Crippen LogP contribution in [0.15, 0.2) is 12.1 Å². The number of piperidine rings is 1. The summed E-state index contributed by atoms with van der Waals surface area (Å²) in [4.78, 5) is 24.5. The summed E-state index contributed by atoms with van der Waals surface area (Å²) in [5, 5.41) is 15.0. The Morgan fingerprint density at radius 2 is 2.00 bits per heavy atom. The maximum absolute atomic E-state index is 12.2. The summed E-state index contributed by atoms with van der Waals surface area (Å²) in [7, 11) is 1.41. The molecular weight excluding hydrogens is 410 g/mol. The Labute approximate surface area is 183 Å². The van der Waals surface area contributed by atoms with Gasteiger partial charge in [-0.05, 0) is 71.0 Å². The Bertz CT molecular complexity index is 758. The molecule has 1 aromatic carbocycles. The zero-order chi connectivity index (χ0) is 22.5. The van der Waals surface area contributed by atoms with E-state index in [2.05, 4.69) is 12.2 Å². The molecule has 30 heavy (non-hydrogen) atoms. The summed E-state index contributed by atoms with van der Waals surface area (Å²) < 4.78 is 10.6. The van der Waals surface area contributed by atoms with Gasteiger partial charge in [0.25, 0.3) is 0 Å². The molecule has 9 heteroatoms. The standard InChI is InChI=1S/C21H32ClN3O5/c1-14(15-7-10-24(11-8-15)20(26)30-21(2,3)4)23-9-6-16-12-19(29-5)18(25(27)28)13-17(16)22/h12-15,23H,6-11H2,1-5H3. The minimum atomic E-state index is -0.502. The smallest absolute Gasteiger partial charge is 0.410 e. The number of amides is 1.